The summed E-state index contributed by atoms with van der Waals surface area (Å²) in [5.74, 6) is -0.168. The fraction of sp³-hybridized carbons (Fsp3) is 0.259. The van der Waals surface area contributed by atoms with E-state index in [0.29, 0.717) is 23.5 Å². The van der Waals surface area contributed by atoms with Crippen LogP contribution in [0.15, 0.2) is 72.8 Å². The van der Waals surface area contributed by atoms with Crippen LogP contribution in [-0.2, 0) is 4.79 Å². The summed E-state index contributed by atoms with van der Waals surface area (Å²) >= 11 is 0. The van der Waals surface area contributed by atoms with Crippen molar-refractivity contribution in [3.63, 3.8) is 0 Å². The van der Waals surface area contributed by atoms with Gasteiger partial charge in [-0.05, 0) is 68.0 Å². The smallest absolute Gasteiger partial charge is 0.255 e. The van der Waals surface area contributed by atoms with Gasteiger partial charge in [-0.25, -0.2) is 0 Å². The first-order chi connectivity index (χ1) is 16.4. The Hall–Kier alpha value is -3.84. The number of nitrogens with two attached hydrogens (primary N) is 1. The first kappa shape index (κ1) is 23.3. The number of nitrogens with zero attached hydrogens (tertiary/aromatic N) is 2. The van der Waals surface area contributed by atoms with Gasteiger partial charge < -0.3 is 26.2 Å². The number of nitrogen functional groups attached to an aromatic ring is 1. The van der Waals surface area contributed by atoms with Crippen molar-refractivity contribution in [3.8, 4) is 11.1 Å². The van der Waals surface area contributed by atoms with Crippen LogP contribution in [0.3, 0.4) is 0 Å². The Labute approximate surface area is 200 Å². The van der Waals surface area contributed by atoms with Crippen molar-refractivity contribution >= 4 is 28.9 Å². The molecule has 34 heavy (non-hydrogen) atoms. The summed E-state index contributed by atoms with van der Waals surface area (Å²) < 4.78 is 0. The van der Waals surface area contributed by atoms with Crippen LogP contribution in [0.2, 0.25) is 0 Å². The highest BCUT2D eigenvalue weighted by Gasteiger charge is 2.24. The lowest BCUT2D eigenvalue weighted by Crippen LogP contribution is -2.41. The van der Waals surface area contributed by atoms with E-state index in [1.165, 1.54) is 0 Å². The first-order valence-electron chi connectivity index (χ1n) is 11.4. The van der Waals surface area contributed by atoms with Crippen molar-refractivity contribution in [1.82, 2.24) is 10.2 Å². The second kappa shape index (κ2) is 10.4. The molecule has 0 radical (unpaired) electrons. The largest absolute Gasteiger partial charge is 0.397 e. The number of anilines is 3. The van der Waals surface area contributed by atoms with Crippen molar-refractivity contribution in [2.24, 2.45) is 0 Å². The molecule has 1 aliphatic heterocycles. The number of nitrogens with one attached hydrogen (secondary N) is 2. The number of rotatable bonds is 7. The van der Waals surface area contributed by atoms with Gasteiger partial charge in [0.05, 0.1) is 17.9 Å². The molecule has 7 heteroatoms. The molecule has 0 unspecified atom stereocenters. The molecule has 7 nitrogen and oxygen atoms in total. The van der Waals surface area contributed by atoms with E-state index in [1.807, 2.05) is 91.8 Å². The normalized spacial score (nSPS) is 15.4. The SMILES string of the molecule is CN(C)CC(=O)N[C@H]1CCN(c2ccc(C(=O)Nc3cc(-c4ccccc4)ccc3N)cc2)C1. The Morgan fingerprint density at radius 1 is 1.00 bits per heavy atom. The summed E-state index contributed by atoms with van der Waals surface area (Å²) in [6.07, 6.45) is 0.901. The zero-order chi connectivity index (χ0) is 24.1. The summed E-state index contributed by atoms with van der Waals surface area (Å²) in [6.45, 7) is 2.01. The Kier molecular flexibility index (Phi) is 7.13. The summed E-state index contributed by atoms with van der Waals surface area (Å²) in [5.41, 5.74) is 10.9. The standard InChI is InChI=1S/C27H31N5O2/c1-31(2)18-26(33)29-22-14-15-32(17-22)23-11-8-20(9-12-23)27(34)30-25-16-21(10-13-24(25)28)19-6-4-3-5-7-19/h3-13,16,22H,14-15,17-18,28H2,1-2H3,(H,29,33)(H,30,34)/t22-/m0/s1. The predicted octanol–water partition coefficient (Wildman–Crippen LogP) is 3.44. The van der Waals surface area contributed by atoms with E-state index in [9.17, 15) is 9.59 Å². The van der Waals surface area contributed by atoms with Gasteiger partial charge in [0.15, 0.2) is 0 Å². The molecule has 0 saturated carbocycles. The van der Waals surface area contributed by atoms with Crippen molar-refractivity contribution in [1.29, 1.82) is 0 Å². The third-order valence-electron chi connectivity index (χ3n) is 5.92. The molecule has 1 atom stereocenters. The molecule has 176 valence electrons. The molecule has 4 N–H and O–H groups in total. The van der Waals surface area contributed by atoms with Crippen LogP contribution in [0.25, 0.3) is 11.1 Å². The molecular weight excluding hydrogens is 426 g/mol. The molecule has 0 aromatic heterocycles. The van der Waals surface area contributed by atoms with Gasteiger partial charge >= 0.3 is 0 Å². The maximum absolute atomic E-state index is 12.9. The molecule has 3 aromatic carbocycles. The summed E-state index contributed by atoms with van der Waals surface area (Å²) in [4.78, 5) is 29.0. The van der Waals surface area contributed by atoms with E-state index in [2.05, 4.69) is 15.5 Å². The van der Waals surface area contributed by atoms with E-state index < -0.39 is 0 Å². The van der Waals surface area contributed by atoms with Crippen LogP contribution in [0.4, 0.5) is 17.1 Å². The summed E-state index contributed by atoms with van der Waals surface area (Å²) in [6, 6.07) is 23.3. The number of amides is 2. The first-order valence-corrected chi connectivity index (χ1v) is 11.4. The zero-order valence-corrected chi connectivity index (χ0v) is 19.6. The Morgan fingerprint density at radius 3 is 2.44 bits per heavy atom. The number of hydrogen-bond acceptors (Lipinski definition) is 5. The van der Waals surface area contributed by atoms with E-state index in [0.717, 1.165) is 36.3 Å². The van der Waals surface area contributed by atoms with Gasteiger partial charge in [-0.2, -0.15) is 0 Å². The Balaban J connectivity index is 1.38. The molecule has 1 fully saturated rings. The van der Waals surface area contributed by atoms with Crippen LogP contribution in [0.1, 0.15) is 16.8 Å². The zero-order valence-electron chi connectivity index (χ0n) is 19.6. The van der Waals surface area contributed by atoms with Gasteiger partial charge in [0.1, 0.15) is 0 Å². The predicted molar refractivity (Wildman–Crippen MR) is 138 cm³/mol. The molecule has 3 aromatic rings. The van der Waals surface area contributed by atoms with Crippen molar-refractivity contribution < 1.29 is 9.59 Å². The average Bonchev–Trinajstić information content (AvgIpc) is 3.29. The molecule has 0 spiro atoms. The summed E-state index contributed by atoms with van der Waals surface area (Å²) in [7, 11) is 3.76. The van der Waals surface area contributed by atoms with Gasteiger partial charge in [-0.3, -0.25) is 9.59 Å². The fourth-order valence-corrected chi connectivity index (χ4v) is 4.17. The quantitative estimate of drug-likeness (QED) is 0.473. The highest BCUT2D eigenvalue weighted by atomic mass is 16.2. The van der Waals surface area contributed by atoms with Crippen molar-refractivity contribution in [2.45, 2.75) is 12.5 Å². The van der Waals surface area contributed by atoms with Crippen molar-refractivity contribution in [2.75, 3.05) is 49.7 Å². The van der Waals surface area contributed by atoms with Gasteiger partial charge in [-0.1, -0.05) is 36.4 Å². The van der Waals surface area contributed by atoms with Gasteiger partial charge in [-0.15, -0.1) is 0 Å². The average molecular weight is 458 g/mol. The molecule has 1 saturated heterocycles. The Morgan fingerprint density at radius 2 is 1.74 bits per heavy atom. The molecule has 0 bridgehead atoms. The van der Waals surface area contributed by atoms with Crippen LogP contribution >= 0.6 is 0 Å². The van der Waals surface area contributed by atoms with Crippen LogP contribution in [-0.4, -0.2) is 56.5 Å². The van der Waals surface area contributed by atoms with Gasteiger partial charge in [0.2, 0.25) is 5.91 Å². The van der Waals surface area contributed by atoms with Gasteiger partial charge in [0, 0.05) is 30.4 Å². The molecular formula is C27H31N5O2. The molecule has 2 amide bonds. The highest BCUT2D eigenvalue weighted by Crippen LogP contribution is 2.28. The molecule has 4 rings (SSSR count). The minimum Gasteiger partial charge on any atom is -0.397 e. The second-order valence-electron chi connectivity index (χ2n) is 8.91. The molecule has 1 aliphatic rings. The van der Waals surface area contributed by atoms with Crippen LogP contribution in [0, 0.1) is 0 Å². The van der Waals surface area contributed by atoms with E-state index in [1.54, 1.807) is 0 Å². The van der Waals surface area contributed by atoms with Crippen LogP contribution < -0.4 is 21.3 Å². The minimum atomic E-state index is -0.210. The summed E-state index contributed by atoms with van der Waals surface area (Å²) in [5, 5.41) is 6.03. The lowest BCUT2D eigenvalue weighted by atomic mass is 10.0. The number of carbonyl (C=O) groups excluding carboxylic acids is 2. The third-order valence-corrected chi connectivity index (χ3v) is 5.92. The second-order valence-corrected chi connectivity index (χ2v) is 8.91. The molecule has 1 heterocycles. The van der Waals surface area contributed by atoms with E-state index in [4.69, 9.17) is 5.73 Å². The minimum absolute atomic E-state index is 0.0412. The van der Waals surface area contributed by atoms with Gasteiger partial charge in [0.25, 0.3) is 5.91 Å². The number of carbonyl (C=O) groups is 2. The molecule has 0 aliphatic carbocycles. The lowest BCUT2D eigenvalue weighted by molar-refractivity contribution is -0.122. The monoisotopic (exact) mass is 457 g/mol. The Bertz CT molecular complexity index is 1150. The maximum Gasteiger partial charge on any atom is 0.255 e. The van der Waals surface area contributed by atoms with E-state index >= 15 is 0 Å². The highest BCUT2D eigenvalue weighted by molar-refractivity contribution is 6.06. The lowest BCUT2D eigenvalue weighted by Gasteiger charge is -2.20. The number of benzene rings is 3. The topological polar surface area (TPSA) is 90.7 Å². The van der Waals surface area contributed by atoms with E-state index in [-0.39, 0.29) is 17.9 Å². The third kappa shape index (κ3) is 5.74. The number of hydrogen-bond donors (Lipinski definition) is 3. The fourth-order valence-electron chi connectivity index (χ4n) is 4.17. The number of likely N-dealkylation sites (N-methyl/N-ethyl adjacent to an activating group) is 1. The van der Waals surface area contributed by atoms with Crippen molar-refractivity contribution in [3.05, 3.63) is 78.4 Å². The van der Waals surface area contributed by atoms with Crippen LogP contribution in [0.5, 0.6) is 0 Å². The maximum atomic E-state index is 12.9.